The van der Waals surface area contributed by atoms with E-state index >= 15 is 0 Å². The van der Waals surface area contributed by atoms with E-state index in [2.05, 4.69) is 54.1 Å². The molecule has 1 fully saturated rings. The van der Waals surface area contributed by atoms with E-state index in [0.717, 1.165) is 13.1 Å². The molecule has 0 radical (unpaired) electrons. The number of aryl methyl sites for hydroxylation is 1. The van der Waals surface area contributed by atoms with Crippen molar-refractivity contribution < 1.29 is 0 Å². The number of nitrogens with zero attached hydrogens (tertiary/aromatic N) is 2. The van der Waals surface area contributed by atoms with Crippen molar-refractivity contribution in [2.24, 2.45) is 0 Å². The Hall–Kier alpha value is -1.61. The lowest BCUT2D eigenvalue weighted by Crippen LogP contribution is -2.32. The summed E-state index contributed by atoms with van der Waals surface area (Å²) in [5, 5.41) is 8.13. The van der Waals surface area contributed by atoms with Gasteiger partial charge in [0.2, 0.25) is 0 Å². The highest BCUT2D eigenvalue weighted by Gasteiger charge is 2.19. The summed E-state index contributed by atoms with van der Waals surface area (Å²) >= 11 is 0. The molecule has 1 aliphatic heterocycles. The molecule has 3 rings (SSSR count). The molecule has 0 bridgehead atoms. The Kier molecular flexibility index (Phi) is 3.62. The van der Waals surface area contributed by atoms with Gasteiger partial charge in [-0.1, -0.05) is 18.2 Å². The predicted octanol–water partition coefficient (Wildman–Crippen LogP) is 3.40. The molecule has 1 aromatic carbocycles. The summed E-state index contributed by atoms with van der Waals surface area (Å²) in [5.74, 6) is 0. The Labute approximate surface area is 121 Å². The van der Waals surface area contributed by atoms with Crippen molar-refractivity contribution in [3.63, 3.8) is 0 Å². The van der Waals surface area contributed by atoms with Gasteiger partial charge in [0.15, 0.2) is 0 Å². The van der Waals surface area contributed by atoms with Crippen LogP contribution in [0.5, 0.6) is 0 Å². The maximum Gasteiger partial charge on any atom is 0.0647 e. The number of aromatic nitrogens is 2. The van der Waals surface area contributed by atoms with E-state index in [0.29, 0.717) is 6.04 Å². The Morgan fingerprint density at radius 3 is 2.80 bits per heavy atom. The van der Waals surface area contributed by atoms with E-state index in [4.69, 9.17) is 0 Å². The van der Waals surface area contributed by atoms with Crippen molar-refractivity contribution >= 4 is 0 Å². The van der Waals surface area contributed by atoms with E-state index in [1.165, 1.54) is 40.8 Å². The molecule has 1 N–H and O–H groups in total. The van der Waals surface area contributed by atoms with Gasteiger partial charge in [0.25, 0.3) is 0 Å². The van der Waals surface area contributed by atoms with Crippen LogP contribution in [0.15, 0.2) is 24.4 Å². The van der Waals surface area contributed by atoms with Gasteiger partial charge in [-0.25, -0.2) is 0 Å². The number of hydrogen-bond donors (Lipinski definition) is 1. The van der Waals surface area contributed by atoms with E-state index < -0.39 is 0 Å². The van der Waals surface area contributed by atoms with Crippen molar-refractivity contribution in [2.45, 2.75) is 39.7 Å². The predicted molar refractivity (Wildman–Crippen MR) is 83.0 cm³/mol. The van der Waals surface area contributed by atoms with Crippen LogP contribution in [0.2, 0.25) is 0 Å². The van der Waals surface area contributed by atoms with Crippen LogP contribution >= 0.6 is 0 Å². The molecule has 1 atom stereocenters. The second-order valence-electron chi connectivity index (χ2n) is 5.84. The Bertz CT molecular complexity index is 607. The minimum atomic E-state index is 0.502. The minimum Gasteiger partial charge on any atom is -0.315 e. The normalized spacial score (nSPS) is 19.2. The first-order chi connectivity index (χ1) is 9.68. The second-order valence-corrected chi connectivity index (χ2v) is 5.84. The van der Waals surface area contributed by atoms with Gasteiger partial charge in [0.1, 0.15) is 0 Å². The highest BCUT2D eigenvalue weighted by molar-refractivity contribution is 5.69. The fourth-order valence-corrected chi connectivity index (χ4v) is 3.14. The van der Waals surface area contributed by atoms with Gasteiger partial charge in [-0.2, -0.15) is 5.10 Å². The first-order valence-electron chi connectivity index (χ1n) is 7.50. The standard InChI is InChI=1S/C17H23N3/c1-12-6-4-8-16(13(12)2)17-11-19-20(14(17)3)15-7-5-9-18-10-15/h4,6,8,11,15,18H,5,7,9-10H2,1-3H3. The minimum absolute atomic E-state index is 0.502. The number of piperidine rings is 1. The summed E-state index contributed by atoms with van der Waals surface area (Å²) < 4.78 is 2.21. The van der Waals surface area contributed by atoms with E-state index in [9.17, 15) is 0 Å². The number of hydrogen-bond acceptors (Lipinski definition) is 2. The molecule has 1 aliphatic rings. The zero-order chi connectivity index (χ0) is 14.1. The maximum atomic E-state index is 4.66. The maximum absolute atomic E-state index is 4.66. The van der Waals surface area contributed by atoms with Crippen LogP contribution < -0.4 is 5.32 Å². The molecule has 1 aromatic heterocycles. The Morgan fingerprint density at radius 2 is 2.05 bits per heavy atom. The Balaban J connectivity index is 1.99. The van der Waals surface area contributed by atoms with Crippen LogP contribution in [0.4, 0.5) is 0 Å². The summed E-state index contributed by atoms with van der Waals surface area (Å²) in [6.07, 6.45) is 4.50. The number of benzene rings is 1. The topological polar surface area (TPSA) is 29.9 Å². The highest BCUT2D eigenvalue weighted by Crippen LogP contribution is 2.30. The first-order valence-corrected chi connectivity index (χ1v) is 7.50. The van der Waals surface area contributed by atoms with Crippen LogP contribution in [0.25, 0.3) is 11.1 Å². The fraction of sp³-hybridized carbons (Fsp3) is 0.471. The third kappa shape index (κ3) is 2.27. The number of nitrogens with one attached hydrogen (secondary N) is 1. The zero-order valence-electron chi connectivity index (χ0n) is 12.6. The molecular formula is C17H23N3. The molecule has 2 aromatic rings. The van der Waals surface area contributed by atoms with Crippen molar-refractivity contribution in [3.8, 4) is 11.1 Å². The third-order valence-corrected chi connectivity index (χ3v) is 4.56. The molecule has 3 nitrogen and oxygen atoms in total. The second kappa shape index (κ2) is 5.41. The fourth-order valence-electron chi connectivity index (χ4n) is 3.14. The summed E-state index contributed by atoms with van der Waals surface area (Å²) in [7, 11) is 0. The van der Waals surface area contributed by atoms with Gasteiger partial charge in [-0.05, 0) is 56.8 Å². The SMILES string of the molecule is Cc1cccc(-c2cnn(C3CCCNC3)c2C)c1C. The lowest BCUT2D eigenvalue weighted by atomic mass is 9.97. The van der Waals surface area contributed by atoms with Crippen LogP contribution in [0.1, 0.15) is 35.7 Å². The van der Waals surface area contributed by atoms with Gasteiger partial charge < -0.3 is 5.32 Å². The van der Waals surface area contributed by atoms with Crippen LogP contribution in [0, 0.1) is 20.8 Å². The smallest absolute Gasteiger partial charge is 0.0647 e. The van der Waals surface area contributed by atoms with Crippen molar-refractivity contribution in [1.29, 1.82) is 0 Å². The molecule has 0 spiro atoms. The van der Waals surface area contributed by atoms with E-state index in [1.54, 1.807) is 0 Å². The number of rotatable bonds is 2. The van der Waals surface area contributed by atoms with Gasteiger partial charge in [0, 0.05) is 17.8 Å². The average molecular weight is 269 g/mol. The van der Waals surface area contributed by atoms with Gasteiger partial charge >= 0.3 is 0 Å². The van der Waals surface area contributed by atoms with Crippen molar-refractivity contribution in [2.75, 3.05) is 13.1 Å². The van der Waals surface area contributed by atoms with Crippen LogP contribution in [0.3, 0.4) is 0 Å². The molecule has 1 unspecified atom stereocenters. The summed E-state index contributed by atoms with van der Waals surface area (Å²) in [6.45, 7) is 8.74. The van der Waals surface area contributed by atoms with E-state index in [-0.39, 0.29) is 0 Å². The molecule has 0 amide bonds. The molecule has 20 heavy (non-hydrogen) atoms. The van der Waals surface area contributed by atoms with Crippen molar-refractivity contribution in [3.05, 3.63) is 41.2 Å². The lowest BCUT2D eigenvalue weighted by molar-refractivity contribution is 0.342. The molecule has 2 heterocycles. The van der Waals surface area contributed by atoms with Gasteiger partial charge in [0.05, 0.1) is 12.2 Å². The average Bonchev–Trinajstić information content (AvgIpc) is 2.85. The third-order valence-electron chi connectivity index (χ3n) is 4.56. The molecule has 106 valence electrons. The Morgan fingerprint density at radius 1 is 1.20 bits per heavy atom. The largest absolute Gasteiger partial charge is 0.315 e. The van der Waals surface area contributed by atoms with Gasteiger partial charge in [-0.3, -0.25) is 4.68 Å². The summed E-state index contributed by atoms with van der Waals surface area (Å²) in [5.41, 5.74) is 6.58. The molecule has 0 saturated carbocycles. The summed E-state index contributed by atoms with van der Waals surface area (Å²) in [6, 6.07) is 7.01. The molecule has 0 aliphatic carbocycles. The quantitative estimate of drug-likeness (QED) is 0.905. The van der Waals surface area contributed by atoms with Crippen LogP contribution in [-0.4, -0.2) is 22.9 Å². The molecular weight excluding hydrogens is 246 g/mol. The lowest BCUT2D eigenvalue weighted by Gasteiger charge is -2.24. The molecule has 1 saturated heterocycles. The molecule has 3 heteroatoms. The monoisotopic (exact) mass is 269 g/mol. The first kappa shape index (κ1) is 13.4. The van der Waals surface area contributed by atoms with Crippen LogP contribution in [-0.2, 0) is 0 Å². The summed E-state index contributed by atoms with van der Waals surface area (Å²) in [4.78, 5) is 0. The van der Waals surface area contributed by atoms with E-state index in [1.807, 2.05) is 6.20 Å². The zero-order valence-corrected chi connectivity index (χ0v) is 12.6. The van der Waals surface area contributed by atoms with Crippen molar-refractivity contribution in [1.82, 2.24) is 15.1 Å². The highest BCUT2D eigenvalue weighted by atomic mass is 15.3. The van der Waals surface area contributed by atoms with Gasteiger partial charge in [-0.15, -0.1) is 0 Å².